The van der Waals surface area contributed by atoms with E-state index in [-0.39, 0.29) is 5.91 Å². The third-order valence-corrected chi connectivity index (χ3v) is 4.06. The topological polar surface area (TPSA) is 75.6 Å². The van der Waals surface area contributed by atoms with Crippen LogP contribution in [-0.2, 0) is 13.5 Å². The summed E-state index contributed by atoms with van der Waals surface area (Å²) < 4.78 is 1.73. The first-order valence-corrected chi connectivity index (χ1v) is 7.86. The molecule has 2 heterocycles. The van der Waals surface area contributed by atoms with Gasteiger partial charge >= 0.3 is 0 Å². The molecular weight excluding hydrogens is 302 g/mol. The van der Waals surface area contributed by atoms with Gasteiger partial charge in [0, 0.05) is 25.4 Å². The average Bonchev–Trinajstić information content (AvgIpc) is 3.16. The van der Waals surface area contributed by atoms with Gasteiger partial charge in [-0.05, 0) is 18.2 Å². The van der Waals surface area contributed by atoms with Gasteiger partial charge in [-0.25, -0.2) is 4.98 Å². The highest BCUT2D eigenvalue weighted by molar-refractivity contribution is 6.04. The van der Waals surface area contributed by atoms with E-state index < -0.39 is 0 Å². The van der Waals surface area contributed by atoms with Crippen molar-refractivity contribution in [2.75, 3.05) is 6.54 Å². The number of carbonyl (C=O) groups excluding carboxylic acids is 1. The maximum absolute atomic E-state index is 12.4. The van der Waals surface area contributed by atoms with Crippen LogP contribution in [0.4, 0.5) is 0 Å². The largest absolute Gasteiger partial charge is 0.350 e. The molecule has 0 saturated heterocycles. The number of aryl methyl sites for hydroxylation is 1. The Balaban J connectivity index is 1.46. The molecule has 0 spiro atoms. The van der Waals surface area contributed by atoms with Crippen molar-refractivity contribution in [1.82, 2.24) is 25.1 Å². The molecule has 2 aromatic heterocycles. The molecule has 0 aliphatic heterocycles. The Bertz CT molecular complexity index is 997. The van der Waals surface area contributed by atoms with Gasteiger partial charge in [-0.2, -0.15) is 5.10 Å². The van der Waals surface area contributed by atoms with Crippen molar-refractivity contribution in [1.29, 1.82) is 0 Å². The summed E-state index contributed by atoms with van der Waals surface area (Å²) >= 11 is 0. The molecule has 0 bridgehead atoms. The summed E-state index contributed by atoms with van der Waals surface area (Å²) in [6, 6.07) is 15.6. The van der Waals surface area contributed by atoms with Gasteiger partial charge in [0.25, 0.3) is 5.91 Å². The Morgan fingerprint density at radius 1 is 1.17 bits per heavy atom. The minimum atomic E-state index is -0.164. The Morgan fingerprint density at radius 3 is 2.83 bits per heavy atom. The zero-order valence-electron chi connectivity index (χ0n) is 13.3. The molecule has 0 aliphatic carbocycles. The third-order valence-electron chi connectivity index (χ3n) is 4.06. The number of nitrogens with zero attached hydrogens (tertiary/aromatic N) is 3. The molecule has 0 radical (unpaired) electrons. The van der Waals surface area contributed by atoms with E-state index in [1.54, 1.807) is 4.68 Å². The summed E-state index contributed by atoms with van der Waals surface area (Å²) in [6.07, 6.45) is 0.644. The summed E-state index contributed by atoms with van der Waals surface area (Å²) in [4.78, 5) is 20.2. The fourth-order valence-electron chi connectivity index (χ4n) is 2.88. The molecule has 4 aromatic rings. The third kappa shape index (κ3) is 2.52. The monoisotopic (exact) mass is 319 g/mol. The van der Waals surface area contributed by atoms with Gasteiger partial charge in [0.2, 0.25) is 0 Å². The van der Waals surface area contributed by atoms with Crippen molar-refractivity contribution < 1.29 is 4.79 Å². The van der Waals surface area contributed by atoms with E-state index >= 15 is 0 Å². The highest BCUT2D eigenvalue weighted by atomic mass is 16.1. The van der Waals surface area contributed by atoms with Crippen LogP contribution in [0.2, 0.25) is 0 Å². The lowest BCUT2D eigenvalue weighted by Gasteiger charge is -2.01. The van der Waals surface area contributed by atoms with Gasteiger partial charge in [0.05, 0.1) is 16.6 Å². The lowest BCUT2D eigenvalue weighted by Crippen LogP contribution is -2.26. The average molecular weight is 319 g/mol. The predicted octanol–water partition coefficient (Wildman–Crippen LogP) is 2.42. The summed E-state index contributed by atoms with van der Waals surface area (Å²) in [6.45, 7) is 0.504. The van der Waals surface area contributed by atoms with Crippen LogP contribution < -0.4 is 5.32 Å². The standard InChI is InChI=1S/C18H17N5O/c1-23-15-9-5-2-6-12(15)17(22-23)18(24)19-11-10-16-20-13-7-3-4-8-14(13)21-16/h2-9H,10-11H2,1H3,(H,19,24)(H,20,21). The second-order valence-electron chi connectivity index (χ2n) is 5.70. The molecule has 2 aromatic carbocycles. The number of carbonyl (C=O) groups is 1. The number of H-pyrrole nitrogens is 1. The number of fused-ring (bicyclic) bond motifs is 2. The lowest BCUT2D eigenvalue weighted by molar-refractivity contribution is 0.0950. The molecule has 0 aliphatic rings. The number of nitrogens with one attached hydrogen (secondary N) is 2. The van der Waals surface area contributed by atoms with Crippen LogP contribution >= 0.6 is 0 Å². The molecule has 0 saturated carbocycles. The number of para-hydroxylation sites is 3. The minimum absolute atomic E-state index is 0.164. The summed E-state index contributed by atoms with van der Waals surface area (Å²) in [5.74, 6) is 0.699. The van der Waals surface area contributed by atoms with E-state index in [4.69, 9.17) is 0 Å². The Kier molecular flexibility index (Phi) is 3.49. The van der Waals surface area contributed by atoms with E-state index in [9.17, 15) is 4.79 Å². The number of benzene rings is 2. The second kappa shape index (κ2) is 5.81. The van der Waals surface area contributed by atoms with E-state index in [2.05, 4.69) is 20.4 Å². The number of aromatic amines is 1. The summed E-state index contributed by atoms with van der Waals surface area (Å²) in [5.41, 5.74) is 3.35. The second-order valence-corrected chi connectivity index (χ2v) is 5.70. The fourth-order valence-corrected chi connectivity index (χ4v) is 2.88. The highest BCUT2D eigenvalue weighted by Gasteiger charge is 2.15. The molecule has 24 heavy (non-hydrogen) atoms. The molecule has 0 fully saturated rings. The van der Waals surface area contributed by atoms with E-state index in [1.165, 1.54) is 0 Å². The molecule has 0 atom stereocenters. The van der Waals surface area contributed by atoms with Gasteiger partial charge in [-0.15, -0.1) is 0 Å². The van der Waals surface area contributed by atoms with Gasteiger partial charge in [0.1, 0.15) is 5.82 Å². The summed E-state index contributed by atoms with van der Waals surface area (Å²) in [7, 11) is 1.84. The van der Waals surface area contributed by atoms with Crippen molar-refractivity contribution >= 4 is 27.8 Å². The van der Waals surface area contributed by atoms with Crippen LogP contribution in [0.3, 0.4) is 0 Å². The molecule has 0 unspecified atom stereocenters. The van der Waals surface area contributed by atoms with Crippen molar-refractivity contribution in [2.24, 2.45) is 7.05 Å². The first-order chi connectivity index (χ1) is 11.7. The quantitative estimate of drug-likeness (QED) is 0.606. The normalized spacial score (nSPS) is 11.2. The molecule has 1 amide bonds. The fraction of sp³-hybridized carbons (Fsp3) is 0.167. The van der Waals surface area contributed by atoms with Crippen molar-refractivity contribution in [3.63, 3.8) is 0 Å². The van der Waals surface area contributed by atoms with Crippen LogP contribution in [-0.4, -0.2) is 32.2 Å². The van der Waals surface area contributed by atoms with Gasteiger partial charge in [-0.1, -0.05) is 30.3 Å². The zero-order chi connectivity index (χ0) is 16.5. The van der Waals surface area contributed by atoms with Crippen molar-refractivity contribution in [2.45, 2.75) is 6.42 Å². The van der Waals surface area contributed by atoms with Crippen LogP contribution in [0.25, 0.3) is 21.9 Å². The lowest BCUT2D eigenvalue weighted by atomic mass is 10.2. The molecule has 2 N–H and O–H groups in total. The van der Waals surface area contributed by atoms with Gasteiger partial charge in [-0.3, -0.25) is 9.48 Å². The Morgan fingerprint density at radius 2 is 1.96 bits per heavy atom. The number of aromatic nitrogens is 4. The molecule has 6 nitrogen and oxygen atoms in total. The first kappa shape index (κ1) is 14.4. The number of amides is 1. The number of hydrogen-bond acceptors (Lipinski definition) is 3. The van der Waals surface area contributed by atoms with Gasteiger partial charge in [0.15, 0.2) is 5.69 Å². The van der Waals surface area contributed by atoms with Crippen LogP contribution in [0, 0.1) is 0 Å². The minimum Gasteiger partial charge on any atom is -0.350 e. The SMILES string of the molecule is Cn1nc(C(=O)NCCc2nc3ccccc3[nH]2)c2ccccc21. The van der Waals surface area contributed by atoms with E-state index in [0.717, 1.165) is 27.8 Å². The number of hydrogen-bond donors (Lipinski definition) is 2. The van der Waals surface area contributed by atoms with E-state index in [0.29, 0.717) is 18.7 Å². The molecule has 4 rings (SSSR count). The molecule has 120 valence electrons. The first-order valence-electron chi connectivity index (χ1n) is 7.86. The maximum atomic E-state index is 12.4. The Hall–Kier alpha value is -3.15. The predicted molar refractivity (Wildman–Crippen MR) is 92.8 cm³/mol. The van der Waals surface area contributed by atoms with Crippen LogP contribution in [0.1, 0.15) is 16.3 Å². The maximum Gasteiger partial charge on any atom is 0.272 e. The van der Waals surface area contributed by atoms with E-state index in [1.807, 2.05) is 55.6 Å². The molecule has 6 heteroatoms. The van der Waals surface area contributed by atoms with Gasteiger partial charge < -0.3 is 10.3 Å². The van der Waals surface area contributed by atoms with Crippen molar-refractivity contribution in [3.05, 3.63) is 60.0 Å². The molecular formula is C18H17N5O. The number of rotatable bonds is 4. The number of imidazole rings is 1. The van der Waals surface area contributed by atoms with Crippen molar-refractivity contribution in [3.8, 4) is 0 Å². The summed E-state index contributed by atoms with van der Waals surface area (Å²) in [5, 5.41) is 8.12. The Labute approximate surface area is 138 Å². The van der Waals surface area contributed by atoms with Crippen LogP contribution in [0.5, 0.6) is 0 Å². The smallest absolute Gasteiger partial charge is 0.272 e. The van der Waals surface area contributed by atoms with Crippen LogP contribution in [0.15, 0.2) is 48.5 Å². The zero-order valence-corrected chi connectivity index (χ0v) is 13.3. The highest BCUT2D eigenvalue weighted by Crippen LogP contribution is 2.17.